The number of rotatable bonds is 9. The highest BCUT2D eigenvalue weighted by atomic mass is 16.5. The molecule has 0 spiro atoms. The average molecular weight is 393 g/mol. The highest BCUT2D eigenvalue weighted by Gasteiger charge is 2.05. The minimum Gasteiger partial charge on any atom is -0.493 e. The van der Waals surface area contributed by atoms with Crippen LogP contribution in [-0.2, 0) is 4.79 Å². The van der Waals surface area contributed by atoms with Gasteiger partial charge in [0, 0.05) is 11.8 Å². The van der Waals surface area contributed by atoms with Gasteiger partial charge >= 0.3 is 0 Å². The standard InChI is InChI=1S/C21H23N5O3/c1-3-4-13-29-19-11-5-16(14-20(19)28-2)6-12-21(27)23-17-7-9-18(10-8-17)26-15-22-24-25-26/h5-12,14-15H,3-4,13H2,1-2H3,(H,23,27)/b12-6+. The summed E-state index contributed by atoms with van der Waals surface area (Å²) < 4.78 is 12.6. The third-order valence-electron chi connectivity index (χ3n) is 4.12. The fraction of sp³-hybridized carbons (Fsp3) is 0.238. The number of nitrogens with one attached hydrogen (secondary N) is 1. The van der Waals surface area contributed by atoms with Crippen LogP contribution in [0.4, 0.5) is 5.69 Å². The number of anilines is 1. The third-order valence-corrected chi connectivity index (χ3v) is 4.12. The SMILES string of the molecule is CCCCOc1ccc(/C=C/C(=O)Nc2ccc(-n3cnnn3)cc2)cc1OC. The van der Waals surface area contributed by atoms with Gasteiger partial charge in [0.15, 0.2) is 11.5 Å². The van der Waals surface area contributed by atoms with E-state index < -0.39 is 0 Å². The summed E-state index contributed by atoms with van der Waals surface area (Å²) in [5.74, 6) is 1.11. The molecule has 8 heteroatoms. The number of carbonyl (C=O) groups excluding carboxylic acids is 1. The summed E-state index contributed by atoms with van der Waals surface area (Å²) in [7, 11) is 1.60. The molecule has 1 aromatic heterocycles. The lowest BCUT2D eigenvalue weighted by molar-refractivity contribution is -0.111. The van der Waals surface area contributed by atoms with Gasteiger partial charge in [-0.15, -0.1) is 5.10 Å². The van der Waals surface area contributed by atoms with E-state index in [1.165, 1.54) is 17.1 Å². The Morgan fingerprint density at radius 2 is 2.00 bits per heavy atom. The second kappa shape index (κ2) is 10.0. The molecule has 3 aromatic rings. The Morgan fingerprint density at radius 1 is 1.17 bits per heavy atom. The highest BCUT2D eigenvalue weighted by Crippen LogP contribution is 2.28. The molecule has 0 bridgehead atoms. The Bertz CT molecular complexity index is 953. The summed E-state index contributed by atoms with van der Waals surface area (Å²) in [6.07, 6.45) is 6.76. The van der Waals surface area contributed by atoms with Crippen molar-refractivity contribution < 1.29 is 14.3 Å². The number of hydrogen-bond donors (Lipinski definition) is 1. The van der Waals surface area contributed by atoms with Gasteiger partial charge in [-0.25, -0.2) is 4.68 Å². The molecular weight excluding hydrogens is 370 g/mol. The van der Waals surface area contributed by atoms with Crippen molar-refractivity contribution in [2.45, 2.75) is 19.8 Å². The van der Waals surface area contributed by atoms with Gasteiger partial charge in [-0.1, -0.05) is 19.4 Å². The smallest absolute Gasteiger partial charge is 0.248 e. The van der Waals surface area contributed by atoms with Gasteiger partial charge < -0.3 is 14.8 Å². The second-order valence-electron chi connectivity index (χ2n) is 6.24. The first-order valence-corrected chi connectivity index (χ1v) is 9.33. The van der Waals surface area contributed by atoms with Crippen molar-refractivity contribution in [3.8, 4) is 17.2 Å². The molecule has 8 nitrogen and oxygen atoms in total. The average Bonchev–Trinajstić information content (AvgIpc) is 3.28. The molecule has 3 rings (SSSR count). The van der Waals surface area contributed by atoms with E-state index in [0.29, 0.717) is 23.8 Å². The van der Waals surface area contributed by atoms with Crippen LogP contribution in [0.25, 0.3) is 11.8 Å². The zero-order valence-corrected chi connectivity index (χ0v) is 16.4. The van der Waals surface area contributed by atoms with Crippen molar-refractivity contribution in [2.24, 2.45) is 0 Å². The molecule has 150 valence electrons. The van der Waals surface area contributed by atoms with Crippen molar-refractivity contribution in [2.75, 3.05) is 19.0 Å². The number of unbranched alkanes of at least 4 members (excludes halogenated alkanes) is 1. The normalized spacial score (nSPS) is 10.8. The van der Waals surface area contributed by atoms with E-state index in [0.717, 1.165) is 24.1 Å². The minimum absolute atomic E-state index is 0.234. The molecule has 0 aliphatic rings. The van der Waals surface area contributed by atoms with Gasteiger partial charge in [0.25, 0.3) is 0 Å². The van der Waals surface area contributed by atoms with Crippen LogP contribution in [0, 0.1) is 0 Å². The summed E-state index contributed by atoms with van der Waals surface area (Å²) in [5, 5.41) is 13.8. The number of ether oxygens (including phenoxy) is 2. The van der Waals surface area contributed by atoms with Crippen LogP contribution < -0.4 is 14.8 Å². The Hall–Kier alpha value is -3.68. The molecule has 0 radical (unpaired) electrons. The molecule has 29 heavy (non-hydrogen) atoms. The van der Waals surface area contributed by atoms with Gasteiger partial charge in [0.1, 0.15) is 6.33 Å². The van der Waals surface area contributed by atoms with E-state index in [4.69, 9.17) is 9.47 Å². The van der Waals surface area contributed by atoms with Crippen molar-refractivity contribution >= 4 is 17.7 Å². The van der Waals surface area contributed by atoms with Gasteiger partial charge in [-0.2, -0.15) is 0 Å². The van der Waals surface area contributed by atoms with Crippen LogP contribution >= 0.6 is 0 Å². The van der Waals surface area contributed by atoms with Crippen molar-refractivity contribution in [3.05, 3.63) is 60.4 Å². The van der Waals surface area contributed by atoms with Gasteiger partial charge in [-0.3, -0.25) is 4.79 Å². The summed E-state index contributed by atoms with van der Waals surface area (Å²) >= 11 is 0. The maximum absolute atomic E-state index is 12.2. The van der Waals surface area contributed by atoms with Crippen LogP contribution in [-0.4, -0.2) is 39.8 Å². The molecule has 1 amide bonds. The van der Waals surface area contributed by atoms with E-state index in [9.17, 15) is 4.79 Å². The molecule has 0 unspecified atom stereocenters. The molecule has 0 saturated heterocycles. The molecule has 2 aromatic carbocycles. The van der Waals surface area contributed by atoms with E-state index in [-0.39, 0.29) is 5.91 Å². The Balaban J connectivity index is 1.59. The maximum Gasteiger partial charge on any atom is 0.248 e. The number of amides is 1. The molecule has 0 atom stereocenters. The summed E-state index contributed by atoms with van der Waals surface area (Å²) in [4.78, 5) is 12.2. The van der Waals surface area contributed by atoms with Crippen LogP contribution in [0.1, 0.15) is 25.3 Å². The van der Waals surface area contributed by atoms with Crippen molar-refractivity contribution in [1.29, 1.82) is 0 Å². The van der Waals surface area contributed by atoms with E-state index in [2.05, 4.69) is 27.8 Å². The quantitative estimate of drug-likeness (QED) is 0.442. The highest BCUT2D eigenvalue weighted by molar-refractivity contribution is 6.02. The van der Waals surface area contributed by atoms with Crippen molar-refractivity contribution in [1.82, 2.24) is 20.2 Å². The number of aromatic nitrogens is 4. The molecule has 0 fully saturated rings. The maximum atomic E-state index is 12.2. The summed E-state index contributed by atoms with van der Waals surface area (Å²) in [5.41, 5.74) is 2.32. The molecular formula is C21H23N5O3. The fourth-order valence-corrected chi connectivity index (χ4v) is 2.57. The first kappa shape index (κ1) is 20.1. The Kier molecular flexibility index (Phi) is 6.94. The zero-order chi connectivity index (χ0) is 20.5. The van der Waals surface area contributed by atoms with Crippen molar-refractivity contribution in [3.63, 3.8) is 0 Å². The third kappa shape index (κ3) is 5.65. The monoisotopic (exact) mass is 393 g/mol. The van der Waals surface area contributed by atoms with Crippen LogP contribution in [0.2, 0.25) is 0 Å². The molecule has 0 aliphatic heterocycles. The summed E-state index contributed by atoms with van der Waals surface area (Å²) in [6, 6.07) is 12.8. The minimum atomic E-state index is -0.234. The lowest BCUT2D eigenvalue weighted by Gasteiger charge is -2.11. The Morgan fingerprint density at radius 3 is 2.69 bits per heavy atom. The molecule has 1 heterocycles. The Labute approximate surface area is 169 Å². The number of nitrogens with zero attached hydrogens (tertiary/aromatic N) is 4. The fourth-order valence-electron chi connectivity index (χ4n) is 2.57. The molecule has 0 aliphatic carbocycles. The summed E-state index contributed by atoms with van der Waals surface area (Å²) in [6.45, 7) is 2.76. The number of hydrogen-bond acceptors (Lipinski definition) is 6. The topological polar surface area (TPSA) is 91.2 Å². The first-order chi connectivity index (χ1) is 14.2. The number of benzene rings is 2. The van der Waals surface area contributed by atoms with Crippen LogP contribution in [0.3, 0.4) is 0 Å². The molecule has 1 N–H and O–H groups in total. The lowest BCUT2D eigenvalue weighted by Crippen LogP contribution is -2.07. The van der Waals surface area contributed by atoms with Gasteiger partial charge in [-0.05, 0) is 64.9 Å². The predicted molar refractivity (Wildman–Crippen MR) is 110 cm³/mol. The number of carbonyl (C=O) groups is 1. The van der Waals surface area contributed by atoms with Crippen LogP contribution in [0.15, 0.2) is 54.9 Å². The van der Waals surface area contributed by atoms with Gasteiger partial charge in [0.05, 0.1) is 19.4 Å². The van der Waals surface area contributed by atoms with E-state index in [1.807, 2.05) is 30.3 Å². The predicted octanol–water partition coefficient (Wildman–Crippen LogP) is 3.50. The largest absolute Gasteiger partial charge is 0.493 e. The second-order valence-corrected chi connectivity index (χ2v) is 6.24. The number of methoxy groups -OCH3 is 1. The van der Waals surface area contributed by atoms with E-state index in [1.54, 1.807) is 25.3 Å². The molecule has 0 saturated carbocycles. The lowest BCUT2D eigenvalue weighted by atomic mass is 10.2. The number of tetrazole rings is 1. The van der Waals surface area contributed by atoms with Crippen LogP contribution in [0.5, 0.6) is 11.5 Å². The van der Waals surface area contributed by atoms with E-state index >= 15 is 0 Å². The first-order valence-electron chi connectivity index (χ1n) is 9.33. The zero-order valence-electron chi connectivity index (χ0n) is 16.4. The van der Waals surface area contributed by atoms with Gasteiger partial charge in [0.2, 0.25) is 5.91 Å².